The monoisotopic (exact) mass is 345 g/mol. The number of carbonyl (C=O) groups excluding carboxylic acids is 2. The van der Waals surface area contributed by atoms with Crippen LogP contribution < -0.4 is 16.2 Å². The van der Waals surface area contributed by atoms with Crippen LogP contribution >= 0.6 is 0 Å². The number of nitrogens with one attached hydrogen (secondary N) is 3. The predicted molar refractivity (Wildman–Crippen MR) is 80.3 cm³/mol. The number of anilines is 1. The first kappa shape index (κ1) is 18.0. The first-order valence-electron chi connectivity index (χ1n) is 7.60. The number of aromatic nitrogens is 1. The van der Waals surface area contributed by atoms with Crippen molar-refractivity contribution < 1.29 is 22.8 Å². The molecule has 0 unspecified atom stereocenters. The maximum atomic E-state index is 12.6. The second-order valence-corrected chi connectivity index (χ2v) is 5.92. The Balaban J connectivity index is 2.06. The molecule has 2 amide bonds. The molecular formula is C15H18F3N3O3. The van der Waals surface area contributed by atoms with Gasteiger partial charge in [0.15, 0.2) is 0 Å². The van der Waals surface area contributed by atoms with Crippen LogP contribution in [-0.2, 0) is 15.8 Å². The Bertz CT molecular complexity index is 685. The van der Waals surface area contributed by atoms with Crippen molar-refractivity contribution in [2.45, 2.75) is 44.8 Å². The predicted octanol–water partition coefficient (Wildman–Crippen LogP) is 2.03. The molecule has 1 fully saturated rings. The number of aromatic amines is 1. The van der Waals surface area contributed by atoms with E-state index in [-0.39, 0.29) is 12.0 Å². The van der Waals surface area contributed by atoms with Crippen LogP contribution in [0.1, 0.15) is 38.2 Å². The largest absolute Gasteiger partial charge is 0.417 e. The van der Waals surface area contributed by atoms with Crippen LogP contribution in [0.4, 0.5) is 18.9 Å². The SMILES string of the molecule is C[C@@H]1CCCC[C@@H]1NC(=O)C(=O)Nc1cc(C(F)(F)F)c[nH]c1=O. The molecule has 1 heterocycles. The van der Waals surface area contributed by atoms with Crippen molar-refractivity contribution in [3.05, 3.63) is 28.2 Å². The molecule has 0 aromatic carbocycles. The van der Waals surface area contributed by atoms with Crippen LogP contribution in [0, 0.1) is 5.92 Å². The molecular weight excluding hydrogens is 327 g/mol. The van der Waals surface area contributed by atoms with Gasteiger partial charge in [-0.1, -0.05) is 19.8 Å². The van der Waals surface area contributed by atoms with Crippen molar-refractivity contribution in [2.24, 2.45) is 5.92 Å². The molecule has 6 nitrogen and oxygen atoms in total. The van der Waals surface area contributed by atoms with Crippen LogP contribution in [0.15, 0.2) is 17.1 Å². The van der Waals surface area contributed by atoms with Gasteiger partial charge in [0.1, 0.15) is 5.69 Å². The van der Waals surface area contributed by atoms with Crippen molar-refractivity contribution in [2.75, 3.05) is 5.32 Å². The Morgan fingerprint density at radius 2 is 1.88 bits per heavy atom. The molecule has 0 aliphatic heterocycles. The lowest BCUT2D eigenvalue weighted by molar-refractivity contribution is -0.138. The van der Waals surface area contributed by atoms with E-state index in [2.05, 4.69) is 5.32 Å². The van der Waals surface area contributed by atoms with Gasteiger partial charge in [0.05, 0.1) is 5.56 Å². The van der Waals surface area contributed by atoms with Crippen LogP contribution in [0.2, 0.25) is 0 Å². The molecule has 24 heavy (non-hydrogen) atoms. The van der Waals surface area contributed by atoms with E-state index in [4.69, 9.17) is 0 Å². The molecule has 0 bridgehead atoms. The summed E-state index contributed by atoms with van der Waals surface area (Å²) in [4.78, 5) is 37.2. The van der Waals surface area contributed by atoms with Gasteiger partial charge in [-0.25, -0.2) is 0 Å². The molecule has 2 rings (SSSR count). The summed E-state index contributed by atoms with van der Waals surface area (Å²) in [5, 5.41) is 4.50. The van der Waals surface area contributed by atoms with Crippen molar-refractivity contribution in [3.8, 4) is 0 Å². The van der Waals surface area contributed by atoms with E-state index in [9.17, 15) is 27.6 Å². The smallest absolute Gasteiger partial charge is 0.345 e. The third-order valence-corrected chi connectivity index (χ3v) is 4.11. The van der Waals surface area contributed by atoms with Crippen LogP contribution in [0.3, 0.4) is 0 Å². The molecule has 0 spiro atoms. The third kappa shape index (κ3) is 4.36. The van der Waals surface area contributed by atoms with Gasteiger partial charge in [-0.05, 0) is 24.8 Å². The average Bonchev–Trinajstić information content (AvgIpc) is 2.50. The highest BCUT2D eigenvalue weighted by Gasteiger charge is 2.32. The van der Waals surface area contributed by atoms with E-state index in [0.29, 0.717) is 12.3 Å². The molecule has 1 aromatic heterocycles. The van der Waals surface area contributed by atoms with E-state index in [1.165, 1.54) is 0 Å². The molecule has 1 aliphatic carbocycles. The Morgan fingerprint density at radius 3 is 2.50 bits per heavy atom. The van der Waals surface area contributed by atoms with Gasteiger partial charge in [-0.2, -0.15) is 13.2 Å². The molecule has 0 saturated heterocycles. The zero-order valence-electron chi connectivity index (χ0n) is 13.0. The summed E-state index contributed by atoms with van der Waals surface area (Å²) in [6, 6.07) is 0.338. The molecule has 1 aromatic rings. The van der Waals surface area contributed by atoms with Crippen LogP contribution in [0.5, 0.6) is 0 Å². The second-order valence-electron chi connectivity index (χ2n) is 5.92. The first-order valence-corrected chi connectivity index (χ1v) is 7.60. The number of amides is 2. The van der Waals surface area contributed by atoms with Gasteiger partial charge in [-0.3, -0.25) is 14.4 Å². The minimum Gasteiger partial charge on any atom is -0.345 e. The van der Waals surface area contributed by atoms with E-state index >= 15 is 0 Å². The summed E-state index contributed by atoms with van der Waals surface area (Å²) in [7, 11) is 0. The zero-order valence-corrected chi connectivity index (χ0v) is 13.0. The van der Waals surface area contributed by atoms with Gasteiger partial charge < -0.3 is 15.6 Å². The number of alkyl halides is 3. The lowest BCUT2D eigenvalue weighted by Crippen LogP contribution is -2.46. The highest BCUT2D eigenvalue weighted by atomic mass is 19.4. The summed E-state index contributed by atoms with van der Waals surface area (Å²) in [5.41, 5.74) is -2.67. The Morgan fingerprint density at radius 1 is 1.21 bits per heavy atom. The Hall–Kier alpha value is -2.32. The Kier molecular flexibility index (Phi) is 5.30. The number of carbonyl (C=O) groups is 2. The average molecular weight is 345 g/mol. The van der Waals surface area contributed by atoms with Crippen molar-refractivity contribution in [1.29, 1.82) is 0 Å². The summed E-state index contributed by atoms with van der Waals surface area (Å²) in [5.74, 6) is -1.92. The lowest BCUT2D eigenvalue weighted by Gasteiger charge is -2.29. The van der Waals surface area contributed by atoms with Crippen molar-refractivity contribution in [1.82, 2.24) is 10.3 Å². The van der Waals surface area contributed by atoms with Gasteiger partial charge in [-0.15, -0.1) is 0 Å². The fourth-order valence-electron chi connectivity index (χ4n) is 2.68. The number of hydrogen-bond donors (Lipinski definition) is 3. The third-order valence-electron chi connectivity index (χ3n) is 4.11. The number of H-pyrrole nitrogens is 1. The topological polar surface area (TPSA) is 91.1 Å². The Labute approximate surface area is 135 Å². The zero-order chi connectivity index (χ0) is 17.9. The maximum absolute atomic E-state index is 12.6. The molecule has 0 radical (unpaired) electrons. The number of hydrogen-bond acceptors (Lipinski definition) is 3. The van der Waals surface area contributed by atoms with Gasteiger partial charge in [0, 0.05) is 12.2 Å². The fraction of sp³-hybridized carbons (Fsp3) is 0.533. The van der Waals surface area contributed by atoms with Gasteiger partial charge in [0.25, 0.3) is 5.56 Å². The van der Waals surface area contributed by atoms with Crippen LogP contribution in [0.25, 0.3) is 0 Å². The highest BCUT2D eigenvalue weighted by Crippen LogP contribution is 2.29. The van der Waals surface area contributed by atoms with Gasteiger partial charge in [0.2, 0.25) is 0 Å². The second kappa shape index (κ2) is 7.06. The summed E-state index contributed by atoms with van der Waals surface area (Å²) in [6.45, 7) is 1.96. The molecule has 9 heteroatoms. The first-order chi connectivity index (χ1) is 11.2. The molecule has 2 atom stereocenters. The van der Waals surface area contributed by atoms with E-state index in [1.807, 2.05) is 17.2 Å². The lowest BCUT2D eigenvalue weighted by atomic mass is 9.86. The summed E-state index contributed by atoms with van der Waals surface area (Å²) in [6.07, 6.45) is -0.515. The summed E-state index contributed by atoms with van der Waals surface area (Å²) < 4.78 is 37.9. The molecule has 132 valence electrons. The normalized spacial score (nSPS) is 21.2. The standard InChI is InChI=1S/C15H18F3N3O3/c1-8-4-2-3-5-10(8)20-13(23)14(24)21-11-6-9(15(16,17)18)7-19-12(11)22/h6-8,10H,2-5H2,1H3,(H,19,22)(H,20,23)(H,21,24)/t8-,10+/m1/s1. The highest BCUT2D eigenvalue weighted by molar-refractivity contribution is 6.39. The fourth-order valence-corrected chi connectivity index (χ4v) is 2.68. The molecule has 1 saturated carbocycles. The van der Waals surface area contributed by atoms with Crippen molar-refractivity contribution >= 4 is 17.5 Å². The van der Waals surface area contributed by atoms with Crippen LogP contribution in [-0.4, -0.2) is 22.8 Å². The van der Waals surface area contributed by atoms with Gasteiger partial charge >= 0.3 is 18.0 Å². The van der Waals surface area contributed by atoms with E-state index in [1.54, 1.807) is 0 Å². The maximum Gasteiger partial charge on any atom is 0.417 e. The minimum absolute atomic E-state index is 0.156. The quantitative estimate of drug-likeness (QED) is 0.716. The van der Waals surface area contributed by atoms with Crippen molar-refractivity contribution in [3.63, 3.8) is 0 Å². The minimum atomic E-state index is -4.68. The molecule has 3 N–H and O–H groups in total. The van der Waals surface area contributed by atoms with E-state index in [0.717, 1.165) is 25.7 Å². The number of rotatable bonds is 2. The number of halogens is 3. The molecule has 1 aliphatic rings. The van der Waals surface area contributed by atoms with E-state index < -0.39 is 34.8 Å². The number of pyridine rings is 1. The summed E-state index contributed by atoms with van der Waals surface area (Å²) >= 11 is 0.